The fourth-order valence-electron chi connectivity index (χ4n) is 5.32. The highest BCUT2D eigenvalue weighted by Gasteiger charge is 2.24. The Morgan fingerprint density at radius 3 is 2.39 bits per heavy atom. The standard InChI is InChI=1S/C31H42N6O6S/c1-19-13-14-22(29(38)33-24-16-23(31(3,4)5)17-25(28(24)42-6)35-44(7,40)41)15-26(19)37-18-27(34-36-37)43-30(39)32-20(2)21-11-9-8-10-12-21/h13-18,20-21,35H,8-12H2,1-7H3,(H,32,39)(H,33,38)/t20-/m1/s1. The van der Waals surface area contributed by atoms with Gasteiger partial charge in [0.15, 0.2) is 5.75 Å². The molecule has 3 N–H and O–H groups in total. The van der Waals surface area contributed by atoms with Crippen molar-refractivity contribution in [2.45, 2.75) is 78.2 Å². The summed E-state index contributed by atoms with van der Waals surface area (Å²) >= 11 is 0. The van der Waals surface area contributed by atoms with E-state index in [0.29, 0.717) is 22.9 Å². The van der Waals surface area contributed by atoms with Gasteiger partial charge in [0.25, 0.3) is 11.8 Å². The maximum absolute atomic E-state index is 13.5. The number of carbonyl (C=O) groups excluding carboxylic acids is 2. The molecule has 0 spiro atoms. The zero-order chi connectivity index (χ0) is 32.2. The van der Waals surface area contributed by atoms with Crippen LogP contribution in [0.5, 0.6) is 11.6 Å². The fourth-order valence-corrected chi connectivity index (χ4v) is 5.87. The Balaban J connectivity index is 1.54. The van der Waals surface area contributed by atoms with Crippen molar-refractivity contribution in [1.82, 2.24) is 20.3 Å². The highest BCUT2D eigenvalue weighted by atomic mass is 32.2. The van der Waals surface area contributed by atoms with E-state index in [-0.39, 0.29) is 28.8 Å². The first-order valence-electron chi connectivity index (χ1n) is 14.7. The fraction of sp³-hybridized carbons (Fsp3) is 0.484. The minimum absolute atomic E-state index is 0.00349. The van der Waals surface area contributed by atoms with E-state index in [1.165, 1.54) is 37.3 Å². The molecule has 2 aromatic carbocycles. The Morgan fingerprint density at radius 2 is 1.75 bits per heavy atom. The molecule has 13 heteroatoms. The monoisotopic (exact) mass is 626 g/mol. The largest absolute Gasteiger partial charge is 0.492 e. The molecular formula is C31H42N6O6S. The van der Waals surface area contributed by atoms with Gasteiger partial charge in [-0.25, -0.2) is 17.9 Å². The van der Waals surface area contributed by atoms with Crippen molar-refractivity contribution >= 4 is 33.4 Å². The third-order valence-corrected chi connectivity index (χ3v) is 8.38. The van der Waals surface area contributed by atoms with Crippen molar-refractivity contribution in [2.24, 2.45) is 5.92 Å². The number of aromatic nitrogens is 3. The lowest BCUT2D eigenvalue weighted by Crippen LogP contribution is -2.40. The van der Waals surface area contributed by atoms with E-state index in [4.69, 9.17) is 9.47 Å². The number of hydrogen-bond acceptors (Lipinski definition) is 8. The smallest absolute Gasteiger partial charge is 0.414 e. The molecule has 1 heterocycles. The Labute approximate surface area is 258 Å². The van der Waals surface area contributed by atoms with E-state index in [1.807, 2.05) is 34.6 Å². The van der Waals surface area contributed by atoms with Crippen molar-refractivity contribution in [1.29, 1.82) is 0 Å². The lowest BCUT2D eigenvalue weighted by molar-refractivity contribution is 0.102. The number of amides is 2. The Hall–Kier alpha value is -4.13. The molecule has 238 valence electrons. The summed E-state index contributed by atoms with van der Waals surface area (Å²) in [5, 5.41) is 13.9. The molecule has 0 radical (unpaired) electrons. The molecule has 44 heavy (non-hydrogen) atoms. The summed E-state index contributed by atoms with van der Waals surface area (Å²) in [4.78, 5) is 26.0. The van der Waals surface area contributed by atoms with Gasteiger partial charge in [0, 0.05) is 11.6 Å². The number of aryl methyl sites for hydroxylation is 1. The number of rotatable bonds is 9. The summed E-state index contributed by atoms with van der Waals surface area (Å²) in [6.07, 6.45) is 7.71. The molecule has 1 aromatic heterocycles. The first-order chi connectivity index (χ1) is 20.6. The summed E-state index contributed by atoms with van der Waals surface area (Å²) < 4.78 is 39.0. The second kappa shape index (κ2) is 13.2. The molecule has 0 unspecified atom stereocenters. The second-order valence-corrected chi connectivity index (χ2v) is 14.2. The van der Waals surface area contributed by atoms with E-state index in [0.717, 1.165) is 30.2 Å². The van der Waals surface area contributed by atoms with Crippen LogP contribution in [0, 0.1) is 12.8 Å². The van der Waals surface area contributed by atoms with E-state index < -0.39 is 22.0 Å². The van der Waals surface area contributed by atoms with Crippen molar-refractivity contribution in [3.63, 3.8) is 0 Å². The normalized spacial score (nSPS) is 14.9. The third kappa shape index (κ3) is 8.28. The lowest BCUT2D eigenvalue weighted by Gasteiger charge is -2.27. The van der Waals surface area contributed by atoms with Gasteiger partial charge < -0.3 is 20.1 Å². The number of anilines is 2. The molecular weight excluding hydrogens is 584 g/mol. The van der Waals surface area contributed by atoms with Crippen molar-refractivity contribution in [3.05, 3.63) is 53.2 Å². The van der Waals surface area contributed by atoms with Crippen LogP contribution < -0.4 is 24.8 Å². The van der Waals surface area contributed by atoms with Crippen LogP contribution in [0.1, 0.15) is 81.3 Å². The summed E-state index contributed by atoms with van der Waals surface area (Å²) in [5.74, 6) is 0.191. The molecule has 1 fully saturated rings. The number of nitrogens with zero attached hydrogens (tertiary/aromatic N) is 3. The number of benzene rings is 2. The van der Waals surface area contributed by atoms with Gasteiger partial charge in [-0.1, -0.05) is 56.4 Å². The van der Waals surface area contributed by atoms with Crippen LogP contribution in [0.3, 0.4) is 0 Å². The molecule has 1 aliphatic rings. The van der Waals surface area contributed by atoms with Gasteiger partial charge in [0.05, 0.1) is 36.6 Å². The van der Waals surface area contributed by atoms with Gasteiger partial charge >= 0.3 is 6.09 Å². The third-order valence-electron chi connectivity index (χ3n) is 7.79. The van der Waals surface area contributed by atoms with E-state index >= 15 is 0 Å². The van der Waals surface area contributed by atoms with Gasteiger partial charge in [0.1, 0.15) is 0 Å². The number of sulfonamides is 1. The predicted molar refractivity (Wildman–Crippen MR) is 169 cm³/mol. The quantitative estimate of drug-likeness (QED) is 0.279. The van der Waals surface area contributed by atoms with Crippen LogP contribution in [0.25, 0.3) is 5.69 Å². The predicted octanol–water partition coefficient (Wildman–Crippen LogP) is 5.56. The molecule has 0 bridgehead atoms. The molecule has 4 rings (SSSR count). The van der Waals surface area contributed by atoms with Crippen LogP contribution in [0.4, 0.5) is 16.2 Å². The molecule has 12 nitrogen and oxygen atoms in total. The molecule has 1 atom stereocenters. The van der Waals surface area contributed by atoms with Crippen molar-refractivity contribution in [2.75, 3.05) is 23.4 Å². The number of hydrogen-bond donors (Lipinski definition) is 3. The van der Waals surface area contributed by atoms with Crippen LogP contribution >= 0.6 is 0 Å². The molecule has 1 aliphatic carbocycles. The first kappa shape index (κ1) is 32.8. The van der Waals surface area contributed by atoms with Gasteiger partial charge in [0.2, 0.25) is 10.0 Å². The highest BCUT2D eigenvalue weighted by molar-refractivity contribution is 7.92. The van der Waals surface area contributed by atoms with Crippen LogP contribution in [0.2, 0.25) is 0 Å². The number of methoxy groups -OCH3 is 1. The maximum atomic E-state index is 13.5. The summed E-state index contributed by atoms with van der Waals surface area (Å²) in [5.41, 5.74) is 2.64. The highest BCUT2D eigenvalue weighted by Crippen LogP contribution is 2.39. The Bertz CT molecular complexity index is 1620. The van der Waals surface area contributed by atoms with Crippen LogP contribution in [0.15, 0.2) is 36.5 Å². The number of ether oxygens (including phenoxy) is 2. The summed E-state index contributed by atoms with van der Waals surface area (Å²) in [6, 6.07) is 8.53. The number of carbonyl (C=O) groups is 2. The average Bonchev–Trinajstić information content (AvgIpc) is 3.40. The minimum Gasteiger partial charge on any atom is -0.492 e. The van der Waals surface area contributed by atoms with Crippen molar-refractivity contribution < 1.29 is 27.5 Å². The van der Waals surface area contributed by atoms with Crippen LogP contribution in [-0.2, 0) is 15.4 Å². The minimum atomic E-state index is -3.62. The Morgan fingerprint density at radius 1 is 1.07 bits per heavy atom. The lowest BCUT2D eigenvalue weighted by atomic mass is 9.85. The maximum Gasteiger partial charge on any atom is 0.414 e. The zero-order valence-corrected chi connectivity index (χ0v) is 27.2. The molecule has 1 saturated carbocycles. The topological polar surface area (TPSA) is 154 Å². The number of nitrogens with one attached hydrogen (secondary N) is 3. The molecule has 0 saturated heterocycles. The van der Waals surface area contributed by atoms with Gasteiger partial charge in [-0.15, -0.1) is 0 Å². The van der Waals surface area contributed by atoms with Crippen LogP contribution in [-0.4, -0.2) is 54.8 Å². The SMILES string of the molecule is COc1c(NC(=O)c2ccc(C)c(-n3cc(OC(=O)N[C@H](C)C4CCCCC4)nn3)c2)cc(C(C)(C)C)cc1NS(C)(=O)=O. The second-order valence-electron chi connectivity index (χ2n) is 12.4. The van der Waals surface area contributed by atoms with Gasteiger partial charge in [-0.05, 0) is 73.4 Å². The zero-order valence-electron chi connectivity index (χ0n) is 26.4. The van der Waals surface area contributed by atoms with E-state index in [1.54, 1.807) is 30.3 Å². The van der Waals surface area contributed by atoms with E-state index in [2.05, 4.69) is 25.7 Å². The Kier molecular flexibility index (Phi) is 9.87. The molecule has 3 aromatic rings. The first-order valence-corrected chi connectivity index (χ1v) is 16.6. The molecule has 0 aliphatic heterocycles. The van der Waals surface area contributed by atoms with Crippen molar-refractivity contribution in [3.8, 4) is 17.3 Å². The average molecular weight is 627 g/mol. The molecule has 2 amide bonds. The van der Waals surface area contributed by atoms with Gasteiger partial charge in [-0.3, -0.25) is 9.52 Å². The van der Waals surface area contributed by atoms with E-state index in [9.17, 15) is 18.0 Å². The summed E-state index contributed by atoms with van der Waals surface area (Å²) in [7, 11) is -2.22. The summed E-state index contributed by atoms with van der Waals surface area (Å²) in [6.45, 7) is 9.79. The van der Waals surface area contributed by atoms with Gasteiger partial charge in [-0.2, -0.15) is 0 Å².